The molecule has 0 aliphatic heterocycles. The van der Waals surface area contributed by atoms with Crippen molar-refractivity contribution in [2.24, 2.45) is 11.8 Å². The van der Waals surface area contributed by atoms with E-state index in [1.54, 1.807) is 12.4 Å². The third-order valence-corrected chi connectivity index (χ3v) is 3.59. The summed E-state index contributed by atoms with van der Waals surface area (Å²) >= 11 is 0. The molecule has 19 heavy (non-hydrogen) atoms. The Morgan fingerprint density at radius 3 is 2.79 bits per heavy atom. The van der Waals surface area contributed by atoms with Crippen LogP contribution in [-0.4, -0.2) is 28.5 Å². The average molecular weight is 262 g/mol. The molecule has 0 unspecified atom stereocenters. The molecule has 0 aromatic carbocycles. The van der Waals surface area contributed by atoms with E-state index in [0.717, 1.165) is 12.0 Å². The zero-order chi connectivity index (χ0) is 13.7. The van der Waals surface area contributed by atoms with Gasteiger partial charge in [0.1, 0.15) is 0 Å². The molecule has 1 aromatic heterocycles. The third-order valence-electron chi connectivity index (χ3n) is 3.59. The zero-order valence-corrected chi connectivity index (χ0v) is 10.7. The fraction of sp³-hybridized carbons (Fsp3) is 0.500. The number of carboxylic acids is 1. The first-order valence-corrected chi connectivity index (χ1v) is 6.56. The van der Waals surface area contributed by atoms with Gasteiger partial charge in [0, 0.05) is 24.9 Å². The molecular formula is C14H18N2O3. The lowest BCUT2D eigenvalue weighted by Gasteiger charge is -2.10. The van der Waals surface area contributed by atoms with Crippen LogP contribution in [0.3, 0.4) is 0 Å². The molecule has 102 valence electrons. The van der Waals surface area contributed by atoms with Gasteiger partial charge in [0.05, 0.1) is 5.92 Å². The van der Waals surface area contributed by atoms with E-state index in [4.69, 9.17) is 5.11 Å². The molecule has 0 radical (unpaired) electrons. The highest BCUT2D eigenvalue weighted by atomic mass is 16.4. The topological polar surface area (TPSA) is 79.3 Å². The number of amides is 1. The lowest BCUT2D eigenvalue weighted by atomic mass is 10.0. The minimum Gasteiger partial charge on any atom is -0.481 e. The smallest absolute Gasteiger partial charge is 0.306 e. The Morgan fingerprint density at radius 2 is 2.16 bits per heavy atom. The molecule has 1 fully saturated rings. The largest absolute Gasteiger partial charge is 0.481 e. The number of hydrogen-bond acceptors (Lipinski definition) is 3. The highest BCUT2D eigenvalue weighted by Gasteiger charge is 2.33. The number of aliphatic carboxylic acids is 1. The van der Waals surface area contributed by atoms with Gasteiger partial charge < -0.3 is 10.4 Å². The van der Waals surface area contributed by atoms with Crippen molar-refractivity contribution in [2.75, 3.05) is 6.54 Å². The van der Waals surface area contributed by atoms with Gasteiger partial charge in [-0.2, -0.15) is 0 Å². The maximum Gasteiger partial charge on any atom is 0.306 e. The van der Waals surface area contributed by atoms with Gasteiger partial charge in [-0.05, 0) is 37.3 Å². The third kappa shape index (κ3) is 3.77. The van der Waals surface area contributed by atoms with Crippen molar-refractivity contribution in [3.8, 4) is 0 Å². The van der Waals surface area contributed by atoms with Crippen molar-refractivity contribution in [3.05, 3.63) is 30.1 Å². The molecule has 2 N–H and O–H groups in total. The number of carbonyl (C=O) groups excluding carboxylic acids is 1. The van der Waals surface area contributed by atoms with Crippen molar-refractivity contribution < 1.29 is 14.7 Å². The second kappa shape index (κ2) is 6.31. The zero-order valence-electron chi connectivity index (χ0n) is 10.7. The first kappa shape index (κ1) is 13.5. The van der Waals surface area contributed by atoms with Crippen LogP contribution in [0, 0.1) is 11.8 Å². The number of hydrogen-bond donors (Lipinski definition) is 2. The number of carbonyl (C=O) groups is 2. The monoisotopic (exact) mass is 262 g/mol. The van der Waals surface area contributed by atoms with E-state index in [1.807, 2.05) is 12.1 Å². The Kier molecular flexibility index (Phi) is 4.49. The van der Waals surface area contributed by atoms with Crippen LogP contribution in [-0.2, 0) is 16.0 Å². The second-order valence-corrected chi connectivity index (χ2v) is 4.95. The van der Waals surface area contributed by atoms with E-state index in [2.05, 4.69) is 10.3 Å². The maximum absolute atomic E-state index is 11.9. The fourth-order valence-corrected chi connectivity index (χ4v) is 2.46. The number of nitrogens with one attached hydrogen (secondary N) is 1. The highest BCUT2D eigenvalue weighted by Crippen LogP contribution is 2.30. The quantitative estimate of drug-likeness (QED) is 0.836. The number of nitrogens with zero attached hydrogens (tertiary/aromatic N) is 1. The van der Waals surface area contributed by atoms with E-state index in [9.17, 15) is 9.59 Å². The Morgan fingerprint density at radius 1 is 1.37 bits per heavy atom. The molecule has 1 amide bonds. The summed E-state index contributed by atoms with van der Waals surface area (Å²) in [7, 11) is 0. The maximum atomic E-state index is 11.9. The van der Waals surface area contributed by atoms with Gasteiger partial charge in [-0.3, -0.25) is 14.6 Å². The van der Waals surface area contributed by atoms with E-state index in [-0.39, 0.29) is 17.7 Å². The molecule has 2 atom stereocenters. The molecule has 1 aromatic rings. The standard InChI is InChI=1S/C14H18N2O3/c17-13(11-3-4-12(8-11)14(18)19)16-7-5-10-2-1-6-15-9-10/h1-2,6,9,11-12H,3-5,7-8H2,(H,16,17)(H,18,19)/t11-,12+/m0/s1. The van der Waals surface area contributed by atoms with Crippen molar-refractivity contribution in [2.45, 2.75) is 25.7 Å². The van der Waals surface area contributed by atoms with Crippen LogP contribution in [0.1, 0.15) is 24.8 Å². The van der Waals surface area contributed by atoms with Crippen LogP contribution < -0.4 is 5.32 Å². The Balaban J connectivity index is 1.72. The Hall–Kier alpha value is -1.91. The van der Waals surface area contributed by atoms with E-state index in [1.165, 1.54) is 0 Å². The number of rotatable bonds is 5. The lowest BCUT2D eigenvalue weighted by molar-refractivity contribution is -0.141. The van der Waals surface area contributed by atoms with E-state index >= 15 is 0 Å². The predicted molar refractivity (Wildman–Crippen MR) is 69.4 cm³/mol. The van der Waals surface area contributed by atoms with Crippen LogP contribution in [0.2, 0.25) is 0 Å². The molecule has 2 rings (SSSR count). The molecule has 0 spiro atoms. The molecule has 1 aliphatic carbocycles. The first-order valence-electron chi connectivity index (χ1n) is 6.56. The Bertz CT molecular complexity index is 447. The molecule has 1 saturated carbocycles. The lowest BCUT2D eigenvalue weighted by Crippen LogP contribution is -2.31. The predicted octanol–water partition coefficient (Wildman–Crippen LogP) is 1.24. The highest BCUT2D eigenvalue weighted by molar-refractivity contribution is 5.80. The van der Waals surface area contributed by atoms with Gasteiger partial charge >= 0.3 is 5.97 Å². The van der Waals surface area contributed by atoms with Crippen molar-refractivity contribution >= 4 is 11.9 Å². The molecule has 0 bridgehead atoms. The summed E-state index contributed by atoms with van der Waals surface area (Å²) in [6.45, 7) is 0.568. The van der Waals surface area contributed by atoms with Crippen LogP contribution in [0.25, 0.3) is 0 Å². The summed E-state index contributed by atoms with van der Waals surface area (Å²) in [5.41, 5.74) is 1.08. The van der Waals surface area contributed by atoms with E-state index in [0.29, 0.717) is 25.8 Å². The summed E-state index contributed by atoms with van der Waals surface area (Å²) in [5, 5.41) is 11.8. The van der Waals surface area contributed by atoms with Crippen molar-refractivity contribution in [3.63, 3.8) is 0 Å². The molecule has 0 saturated heterocycles. The van der Waals surface area contributed by atoms with Crippen molar-refractivity contribution in [1.82, 2.24) is 10.3 Å². The second-order valence-electron chi connectivity index (χ2n) is 4.95. The van der Waals surface area contributed by atoms with Gasteiger partial charge in [-0.1, -0.05) is 6.07 Å². The summed E-state index contributed by atoms with van der Waals surface area (Å²) in [4.78, 5) is 26.7. The fourth-order valence-electron chi connectivity index (χ4n) is 2.46. The average Bonchev–Trinajstić information content (AvgIpc) is 2.89. The normalized spacial score (nSPS) is 22.1. The molecule has 1 heterocycles. The van der Waals surface area contributed by atoms with Gasteiger partial charge in [-0.25, -0.2) is 0 Å². The van der Waals surface area contributed by atoms with Gasteiger partial charge in [0.25, 0.3) is 0 Å². The van der Waals surface area contributed by atoms with Crippen LogP contribution in [0.5, 0.6) is 0 Å². The minimum absolute atomic E-state index is 0.0207. The molecule has 1 aliphatic rings. The first-order chi connectivity index (χ1) is 9.16. The molecule has 5 heteroatoms. The summed E-state index contributed by atoms with van der Waals surface area (Å²) in [6.07, 6.45) is 5.99. The number of carboxylic acid groups (broad SMARTS) is 1. The molecular weight excluding hydrogens is 244 g/mol. The Labute approximate surface area is 112 Å². The summed E-state index contributed by atoms with van der Waals surface area (Å²) < 4.78 is 0. The van der Waals surface area contributed by atoms with Crippen molar-refractivity contribution in [1.29, 1.82) is 0 Å². The summed E-state index contributed by atoms with van der Waals surface area (Å²) in [6, 6.07) is 3.83. The van der Waals surface area contributed by atoms with Gasteiger partial charge in [-0.15, -0.1) is 0 Å². The van der Waals surface area contributed by atoms with E-state index < -0.39 is 5.97 Å². The molecule has 5 nitrogen and oxygen atoms in total. The van der Waals surface area contributed by atoms with Gasteiger partial charge in [0.15, 0.2) is 0 Å². The van der Waals surface area contributed by atoms with Crippen LogP contribution >= 0.6 is 0 Å². The van der Waals surface area contributed by atoms with Gasteiger partial charge in [0.2, 0.25) is 5.91 Å². The van der Waals surface area contributed by atoms with Crippen LogP contribution in [0.15, 0.2) is 24.5 Å². The minimum atomic E-state index is -0.786. The number of aromatic nitrogens is 1. The number of pyridine rings is 1. The van der Waals surface area contributed by atoms with Crippen LogP contribution in [0.4, 0.5) is 0 Å². The summed E-state index contributed by atoms with van der Waals surface area (Å²) in [5.74, 6) is -1.30. The SMILES string of the molecule is O=C(O)[C@@H]1CC[C@H](C(=O)NCCc2cccnc2)C1.